The number of likely N-dealkylation sites (tertiary alicyclic amines) is 1. The summed E-state index contributed by atoms with van der Waals surface area (Å²) in [4.78, 5) is 32.1. The summed E-state index contributed by atoms with van der Waals surface area (Å²) in [6.07, 6.45) is 6.65. The summed E-state index contributed by atoms with van der Waals surface area (Å²) < 4.78 is 5.41. The van der Waals surface area contributed by atoms with Crippen LogP contribution >= 0.6 is 0 Å². The smallest absolute Gasteiger partial charge is 0.227 e. The quantitative estimate of drug-likeness (QED) is 0.720. The summed E-state index contributed by atoms with van der Waals surface area (Å²) in [6.45, 7) is 4.25. The third kappa shape index (κ3) is 4.48. The topological polar surface area (TPSA) is 53.1 Å². The van der Waals surface area contributed by atoms with Gasteiger partial charge in [0.05, 0.1) is 13.0 Å². The van der Waals surface area contributed by atoms with Crippen LogP contribution in [0.2, 0.25) is 0 Å². The number of carbonyl (C=O) groups is 2. The van der Waals surface area contributed by atoms with Gasteiger partial charge in [-0.05, 0) is 50.8 Å². The minimum Gasteiger partial charge on any atom is -0.496 e. The summed E-state index contributed by atoms with van der Waals surface area (Å²) >= 11 is 0. The molecular weight excluding hydrogens is 378 g/mol. The van der Waals surface area contributed by atoms with Gasteiger partial charge in [0.25, 0.3) is 0 Å². The van der Waals surface area contributed by atoms with E-state index >= 15 is 0 Å². The number of benzene rings is 1. The number of amides is 2. The van der Waals surface area contributed by atoms with Crippen molar-refractivity contribution in [1.29, 1.82) is 0 Å². The second-order valence-corrected chi connectivity index (χ2v) is 9.21. The van der Waals surface area contributed by atoms with Crippen LogP contribution in [-0.4, -0.2) is 72.9 Å². The first kappa shape index (κ1) is 21.2. The molecular formula is C24H35N3O3. The molecule has 0 bridgehead atoms. The highest BCUT2D eigenvalue weighted by Crippen LogP contribution is 2.32. The lowest BCUT2D eigenvalue weighted by atomic mass is 9.83. The van der Waals surface area contributed by atoms with Gasteiger partial charge in [0, 0.05) is 44.7 Å². The van der Waals surface area contributed by atoms with Crippen LogP contribution in [-0.2, 0) is 16.1 Å². The standard InChI is InChI=1S/C24H35N3O3/c1-25(15-18-9-7-13-26-12-6-5-10-21(18)26)24(29)20-14-23(28)27(17-20)16-19-8-3-4-11-22(19)30-2/h3-4,8,11,18,20-21H,5-7,9-10,12-17H2,1-2H3/t18-,20-,21+/m0/s1. The van der Waals surface area contributed by atoms with Crippen molar-refractivity contribution in [2.45, 2.75) is 51.1 Å². The number of methoxy groups -OCH3 is 1. The molecule has 6 heteroatoms. The Morgan fingerprint density at radius 2 is 1.97 bits per heavy atom. The summed E-state index contributed by atoms with van der Waals surface area (Å²) in [5, 5.41) is 0. The zero-order chi connectivity index (χ0) is 21.1. The van der Waals surface area contributed by atoms with Crippen molar-refractivity contribution in [3.05, 3.63) is 29.8 Å². The van der Waals surface area contributed by atoms with Gasteiger partial charge < -0.3 is 19.4 Å². The van der Waals surface area contributed by atoms with Crippen molar-refractivity contribution in [2.24, 2.45) is 11.8 Å². The molecule has 3 atom stereocenters. The van der Waals surface area contributed by atoms with E-state index in [0.717, 1.165) is 17.9 Å². The number of para-hydroxylation sites is 1. The molecule has 2 amide bonds. The average molecular weight is 414 g/mol. The second-order valence-electron chi connectivity index (χ2n) is 9.21. The van der Waals surface area contributed by atoms with Crippen molar-refractivity contribution >= 4 is 11.8 Å². The van der Waals surface area contributed by atoms with Crippen LogP contribution < -0.4 is 4.74 Å². The van der Waals surface area contributed by atoms with Gasteiger partial charge in [-0.3, -0.25) is 9.59 Å². The second kappa shape index (κ2) is 9.38. The lowest BCUT2D eigenvalue weighted by molar-refractivity contribution is -0.135. The SMILES string of the molecule is COc1ccccc1CN1C[C@@H](C(=O)N(C)C[C@@H]2CCCN3CCCC[C@H]23)CC1=O. The van der Waals surface area contributed by atoms with Gasteiger partial charge >= 0.3 is 0 Å². The molecule has 3 saturated heterocycles. The van der Waals surface area contributed by atoms with Crippen LogP contribution in [0.3, 0.4) is 0 Å². The molecule has 164 valence electrons. The highest BCUT2D eigenvalue weighted by atomic mass is 16.5. The number of fused-ring (bicyclic) bond motifs is 1. The molecule has 0 aliphatic carbocycles. The monoisotopic (exact) mass is 413 g/mol. The normalized spacial score (nSPS) is 27.1. The molecule has 3 fully saturated rings. The largest absolute Gasteiger partial charge is 0.496 e. The van der Waals surface area contributed by atoms with Gasteiger partial charge in [0.15, 0.2) is 0 Å². The number of ether oxygens (including phenoxy) is 1. The molecule has 0 N–H and O–H groups in total. The molecule has 1 aromatic rings. The van der Waals surface area contributed by atoms with E-state index in [1.54, 1.807) is 12.0 Å². The summed E-state index contributed by atoms with van der Waals surface area (Å²) in [5.74, 6) is 1.30. The van der Waals surface area contributed by atoms with E-state index in [4.69, 9.17) is 4.74 Å². The molecule has 0 radical (unpaired) electrons. The highest BCUT2D eigenvalue weighted by molar-refractivity contribution is 5.89. The van der Waals surface area contributed by atoms with Crippen molar-refractivity contribution in [3.8, 4) is 5.75 Å². The van der Waals surface area contributed by atoms with Crippen LogP contribution in [0.25, 0.3) is 0 Å². The van der Waals surface area contributed by atoms with Gasteiger partial charge in [0.1, 0.15) is 5.75 Å². The minimum absolute atomic E-state index is 0.0591. The molecule has 3 heterocycles. The third-order valence-corrected chi connectivity index (χ3v) is 7.23. The van der Waals surface area contributed by atoms with E-state index in [9.17, 15) is 9.59 Å². The molecule has 30 heavy (non-hydrogen) atoms. The summed E-state index contributed by atoms with van der Waals surface area (Å²) in [6, 6.07) is 8.40. The first-order valence-corrected chi connectivity index (χ1v) is 11.5. The van der Waals surface area contributed by atoms with Crippen molar-refractivity contribution in [1.82, 2.24) is 14.7 Å². The molecule has 3 aliphatic rings. The Morgan fingerprint density at radius 1 is 1.17 bits per heavy atom. The predicted molar refractivity (Wildman–Crippen MR) is 116 cm³/mol. The van der Waals surface area contributed by atoms with Gasteiger partial charge in [-0.15, -0.1) is 0 Å². The number of nitrogens with zero attached hydrogens (tertiary/aromatic N) is 3. The van der Waals surface area contributed by atoms with Crippen LogP contribution in [0.1, 0.15) is 44.1 Å². The first-order chi connectivity index (χ1) is 14.6. The molecule has 0 spiro atoms. The number of hydrogen-bond acceptors (Lipinski definition) is 4. The Hall–Kier alpha value is -2.08. The maximum absolute atomic E-state index is 13.2. The predicted octanol–water partition coefficient (Wildman–Crippen LogP) is 2.77. The van der Waals surface area contributed by atoms with Gasteiger partial charge in [0.2, 0.25) is 11.8 Å². The third-order valence-electron chi connectivity index (χ3n) is 7.23. The maximum Gasteiger partial charge on any atom is 0.227 e. The zero-order valence-corrected chi connectivity index (χ0v) is 18.4. The Labute approximate surface area is 180 Å². The first-order valence-electron chi connectivity index (χ1n) is 11.5. The van der Waals surface area contributed by atoms with Crippen LogP contribution in [0, 0.1) is 11.8 Å². The molecule has 0 unspecified atom stereocenters. The molecule has 0 aromatic heterocycles. The van der Waals surface area contributed by atoms with E-state index in [-0.39, 0.29) is 17.7 Å². The fraction of sp³-hybridized carbons (Fsp3) is 0.667. The van der Waals surface area contributed by atoms with E-state index in [2.05, 4.69) is 4.90 Å². The van der Waals surface area contributed by atoms with Gasteiger partial charge in [-0.2, -0.15) is 0 Å². The van der Waals surface area contributed by atoms with Gasteiger partial charge in [-0.25, -0.2) is 0 Å². The summed E-state index contributed by atoms with van der Waals surface area (Å²) in [5.41, 5.74) is 0.981. The maximum atomic E-state index is 13.2. The van der Waals surface area contributed by atoms with E-state index in [1.807, 2.05) is 36.2 Å². The van der Waals surface area contributed by atoms with Crippen molar-refractivity contribution < 1.29 is 14.3 Å². The van der Waals surface area contributed by atoms with Gasteiger partial charge in [-0.1, -0.05) is 24.6 Å². The Morgan fingerprint density at radius 3 is 2.80 bits per heavy atom. The molecule has 6 nitrogen and oxygen atoms in total. The molecule has 1 aromatic carbocycles. The van der Waals surface area contributed by atoms with Crippen molar-refractivity contribution in [2.75, 3.05) is 40.3 Å². The number of rotatable bonds is 6. The minimum atomic E-state index is -0.233. The van der Waals surface area contributed by atoms with E-state index < -0.39 is 0 Å². The Balaban J connectivity index is 1.34. The average Bonchev–Trinajstić information content (AvgIpc) is 3.14. The molecule has 0 saturated carbocycles. The Bertz CT molecular complexity index is 766. The molecule has 3 aliphatic heterocycles. The lowest BCUT2D eigenvalue weighted by Crippen LogP contribution is -2.51. The van der Waals surface area contributed by atoms with Crippen molar-refractivity contribution in [3.63, 3.8) is 0 Å². The number of carbonyl (C=O) groups excluding carboxylic acids is 2. The lowest BCUT2D eigenvalue weighted by Gasteiger charge is -2.45. The van der Waals surface area contributed by atoms with E-state index in [0.29, 0.717) is 31.5 Å². The molecule has 4 rings (SSSR count). The Kier molecular flexibility index (Phi) is 6.61. The van der Waals surface area contributed by atoms with E-state index in [1.165, 1.54) is 45.2 Å². The van der Waals surface area contributed by atoms with Crippen LogP contribution in [0.4, 0.5) is 0 Å². The fourth-order valence-corrected chi connectivity index (χ4v) is 5.67. The fourth-order valence-electron chi connectivity index (χ4n) is 5.67. The summed E-state index contributed by atoms with van der Waals surface area (Å²) in [7, 11) is 3.57. The van der Waals surface area contributed by atoms with Crippen LogP contribution in [0.5, 0.6) is 5.75 Å². The highest BCUT2D eigenvalue weighted by Gasteiger charge is 2.38. The van der Waals surface area contributed by atoms with Crippen LogP contribution in [0.15, 0.2) is 24.3 Å². The zero-order valence-electron chi connectivity index (χ0n) is 18.4. The number of piperidine rings is 2. The number of hydrogen-bond donors (Lipinski definition) is 0.